The Labute approximate surface area is 58.7 Å². The molecule has 0 aromatic heterocycles. The van der Waals surface area contributed by atoms with Gasteiger partial charge in [-0.05, 0) is 0 Å². The summed E-state index contributed by atoms with van der Waals surface area (Å²) in [5, 5.41) is 10.6. The van der Waals surface area contributed by atoms with Crippen molar-refractivity contribution in [2.24, 2.45) is 10.2 Å². The van der Waals surface area contributed by atoms with Crippen LogP contribution in [0, 0.1) is 0 Å². The second-order valence-electron chi connectivity index (χ2n) is 2.78. The lowest BCUT2D eigenvalue weighted by Crippen LogP contribution is -2.21. The topological polar surface area (TPSA) is 53.8 Å². The zero-order valence-corrected chi connectivity index (χ0v) is 5.63. The van der Waals surface area contributed by atoms with Crippen LogP contribution >= 0.6 is 0 Å². The minimum atomic E-state index is -0.140. The Hall–Kier alpha value is -0.930. The van der Waals surface area contributed by atoms with Crippen LogP contribution in [0.4, 0.5) is 0 Å². The van der Waals surface area contributed by atoms with E-state index in [9.17, 15) is 4.79 Å². The van der Waals surface area contributed by atoms with Gasteiger partial charge >= 0.3 is 0 Å². The maximum atomic E-state index is 10.8. The van der Waals surface area contributed by atoms with Gasteiger partial charge in [0.15, 0.2) is 5.66 Å². The Balaban J connectivity index is 1.99. The van der Waals surface area contributed by atoms with Gasteiger partial charge in [-0.15, -0.1) is 0 Å². The lowest BCUT2D eigenvalue weighted by Gasteiger charge is -2.01. The second-order valence-corrected chi connectivity index (χ2v) is 2.78. The molecule has 0 unspecified atom stereocenters. The Morgan fingerprint density at radius 2 is 2.20 bits per heavy atom. The third-order valence-corrected chi connectivity index (χ3v) is 1.98. The summed E-state index contributed by atoms with van der Waals surface area (Å²) < 4.78 is 0. The van der Waals surface area contributed by atoms with Gasteiger partial charge in [0.2, 0.25) is 5.91 Å². The van der Waals surface area contributed by atoms with Crippen molar-refractivity contribution in [1.29, 1.82) is 0 Å². The van der Waals surface area contributed by atoms with E-state index >= 15 is 0 Å². The second kappa shape index (κ2) is 1.78. The van der Waals surface area contributed by atoms with Gasteiger partial charge in [-0.25, -0.2) is 0 Å². The number of hydrogen-bond acceptors (Lipinski definition) is 3. The molecule has 0 saturated carbocycles. The highest BCUT2D eigenvalue weighted by atomic mass is 16.1. The number of nitrogens with one attached hydrogen (secondary N) is 1. The van der Waals surface area contributed by atoms with Gasteiger partial charge in [-0.1, -0.05) is 0 Å². The van der Waals surface area contributed by atoms with Gasteiger partial charge in [0.05, 0.1) is 0 Å². The van der Waals surface area contributed by atoms with Crippen molar-refractivity contribution in [3.05, 3.63) is 0 Å². The zero-order chi connectivity index (χ0) is 7.03. The highest BCUT2D eigenvalue weighted by Gasteiger charge is 2.40. The van der Waals surface area contributed by atoms with Gasteiger partial charge < -0.3 is 5.32 Å². The van der Waals surface area contributed by atoms with E-state index in [2.05, 4.69) is 15.5 Å². The van der Waals surface area contributed by atoms with E-state index in [4.69, 9.17) is 0 Å². The summed E-state index contributed by atoms with van der Waals surface area (Å²) in [4.78, 5) is 10.8. The summed E-state index contributed by atoms with van der Waals surface area (Å²) >= 11 is 0. The molecule has 1 N–H and O–H groups in total. The minimum Gasteiger partial charge on any atom is -0.356 e. The molecular weight excluding hydrogens is 130 g/mol. The molecule has 2 rings (SSSR count). The molecule has 0 bridgehead atoms. The van der Waals surface area contributed by atoms with Crippen molar-refractivity contribution >= 4 is 5.91 Å². The molecule has 10 heavy (non-hydrogen) atoms. The fourth-order valence-electron chi connectivity index (χ4n) is 1.20. The molecule has 1 amide bonds. The van der Waals surface area contributed by atoms with Gasteiger partial charge in [0.1, 0.15) is 0 Å². The predicted molar refractivity (Wildman–Crippen MR) is 34.4 cm³/mol. The predicted octanol–water partition coefficient (Wildman–Crippen LogP) is 0.449. The molecule has 0 atom stereocenters. The number of hydrogen-bond donors (Lipinski definition) is 1. The molecule has 0 aliphatic carbocycles. The quantitative estimate of drug-likeness (QED) is 0.520. The van der Waals surface area contributed by atoms with E-state index in [0.29, 0.717) is 6.42 Å². The monoisotopic (exact) mass is 139 g/mol. The highest BCUT2D eigenvalue weighted by molar-refractivity contribution is 5.76. The van der Waals surface area contributed by atoms with Gasteiger partial charge in [-0.3, -0.25) is 4.79 Å². The van der Waals surface area contributed by atoms with Crippen molar-refractivity contribution in [3.63, 3.8) is 0 Å². The molecule has 2 heterocycles. The van der Waals surface area contributed by atoms with Crippen molar-refractivity contribution in [3.8, 4) is 0 Å². The molecule has 4 heteroatoms. The molecule has 4 nitrogen and oxygen atoms in total. The summed E-state index contributed by atoms with van der Waals surface area (Å²) in [6, 6.07) is 0. The summed E-state index contributed by atoms with van der Waals surface area (Å²) in [6.07, 6.45) is 2.27. The summed E-state index contributed by atoms with van der Waals surface area (Å²) in [5.41, 5.74) is -0.140. The third-order valence-electron chi connectivity index (χ3n) is 1.98. The fraction of sp³-hybridized carbons (Fsp3) is 0.833. The fourth-order valence-corrected chi connectivity index (χ4v) is 1.20. The molecule has 1 fully saturated rings. The first-order chi connectivity index (χ1) is 4.81. The van der Waals surface area contributed by atoms with E-state index in [-0.39, 0.29) is 11.6 Å². The van der Waals surface area contributed by atoms with Crippen LogP contribution in [0.25, 0.3) is 0 Å². The van der Waals surface area contributed by atoms with Gasteiger partial charge in [0.25, 0.3) is 0 Å². The Bertz CT molecular complexity index is 193. The van der Waals surface area contributed by atoms with Crippen LogP contribution in [0.3, 0.4) is 0 Å². The molecule has 0 aromatic rings. The van der Waals surface area contributed by atoms with Crippen LogP contribution < -0.4 is 5.32 Å². The summed E-state index contributed by atoms with van der Waals surface area (Å²) in [7, 11) is 0. The first-order valence-electron chi connectivity index (χ1n) is 3.52. The Morgan fingerprint density at radius 3 is 2.90 bits per heavy atom. The number of nitrogens with zero attached hydrogens (tertiary/aromatic N) is 2. The molecular formula is C6H9N3O. The molecule has 2 aliphatic rings. The number of carbonyl (C=O) groups excluding carboxylic acids is 1. The van der Waals surface area contributed by atoms with E-state index in [1.807, 2.05) is 0 Å². The van der Waals surface area contributed by atoms with Crippen LogP contribution in [0.2, 0.25) is 0 Å². The minimum absolute atomic E-state index is 0.133. The first-order valence-corrected chi connectivity index (χ1v) is 3.52. The van der Waals surface area contributed by atoms with Crippen LogP contribution in [0.15, 0.2) is 10.2 Å². The van der Waals surface area contributed by atoms with E-state index in [0.717, 1.165) is 19.4 Å². The molecule has 54 valence electrons. The van der Waals surface area contributed by atoms with Crippen LogP contribution in [-0.2, 0) is 4.79 Å². The van der Waals surface area contributed by atoms with Gasteiger partial charge in [0, 0.05) is 25.8 Å². The molecule has 1 spiro atoms. The summed E-state index contributed by atoms with van der Waals surface area (Å²) in [5.74, 6) is 0.133. The molecule has 0 radical (unpaired) electrons. The van der Waals surface area contributed by atoms with Crippen molar-refractivity contribution in [2.75, 3.05) is 6.54 Å². The third kappa shape index (κ3) is 0.894. The molecule has 2 aliphatic heterocycles. The standard InChI is InChI=1S/C6H9N3O/c10-5-1-2-6(8-9-6)3-4-7-5/h1-4H2,(H,7,10). The summed E-state index contributed by atoms with van der Waals surface area (Å²) in [6.45, 7) is 0.728. The van der Waals surface area contributed by atoms with E-state index in [1.54, 1.807) is 0 Å². The maximum absolute atomic E-state index is 10.8. The molecule has 1 saturated heterocycles. The van der Waals surface area contributed by atoms with Crippen LogP contribution in [-0.4, -0.2) is 18.1 Å². The Kier molecular flexibility index (Phi) is 1.03. The SMILES string of the molecule is O=C1CCC2(CCN1)N=N2. The largest absolute Gasteiger partial charge is 0.356 e. The average molecular weight is 139 g/mol. The van der Waals surface area contributed by atoms with E-state index < -0.39 is 0 Å². The number of rotatable bonds is 0. The highest BCUT2D eigenvalue weighted by Crippen LogP contribution is 2.37. The van der Waals surface area contributed by atoms with Crippen molar-refractivity contribution in [2.45, 2.75) is 24.9 Å². The van der Waals surface area contributed by atoms with Gasteiger partial charge in [-0.2, -0.15) is 10.2 Å². The zero-order valence-electron chi connectivity index (χ0n) is 5.63. The van der Waals surface area contributed by atoms with Crippen molar-refractivity contribution < 1.29 is 4.79 Å². The average Bonchev–Trinajstić information content (AvgIpc) is 2.67. The van der Waals surface area contributed by atoms with Crippen LogP contribution in [0.5, 0.6) is 0 Å². The van der Waals surface area contributed by atoms with Crippen molar-refractivity contribution in [1.82, 2.24) is 5.32 Å². The molecule has 0 aromatic carbocycles. The Morgan fingerprint density at radius 1 is 1.40 bits per heavy atom. The maximum Gasteiger partial charge on any atom is 0.220 e. The lowest BCUT2D eigenvalue weighted by atomic mass is 10.1. The first kappa shape index (κ1) is 5.82. The lowest BCUT2D eigenvalue weighted by molar-refractivity contribution is -0.120. The van der Waals surface area contributed by atoms with Crippen LogP contribution in [0.1, 0.15) is 19.3 Å². The number of amides is 1. The smallest absolute Gasteiger partial charge is 0.220 e. The van der Waals surface area contributed by atoms with E-state index in [1.165, 1.54) is 0 Å². The normalized spacial score (nSPS) is 27.8. The number of carbonyl (C=O) groups is 1.